The fourth-order valence-corrected chi connectivity index (χ4v) is 2.41. The first-order valence-electron chi connectivity index (χ1n) is 8.88. The van der Waals surface area contributed by atoms with Crippen LogP contribution in [0.1, 0.15) is 35.0 Å². The summed E-state index contributed by atoms with van der Waals surface area (Å²) in [7, 11) is 0. The summed E-state index contributed by atoms with van der Waals surface area (Å²) in [6.45, 7) is 1.78. The molecule has 0 atom stereocenters. The molecule has 0 bridgehead atoms. The van der Waals surface area contributed by atoms with Gasteiger partial charge in [-0.2, -0.15) is 0 Å². The Bertz CT molecular complexity index is 1030. The van der Waals surface area contributed by atoms with Gasteiger partial charge < -0.3 is 10.6 Å². The highest BCUT2D eigenvalue weighted by atomic mass is 16.2. The minimum absolute atomic E-state index is 0.0687. The van der Waals surface area contributed by atoms with Crippen molar-refractivity contribution in [2.24, 2.45) is 0 Å². The Hall–Kier alpha value is -3.91. The Kier molecular flexibility index (Phi) is 6.17. The fourth-order valence-electron chi connectivity index (χ4n) is 2.41. The summed E-state index contributed by atoms with van der Waals surface area (Å²) in [6, 6.07) is 19.6. The van der Waals surface area contributed by atoms with E-state index in [1.807, 2.05) is 36.4 Å². The fraction of sp³-hybridized carbons (Fsp3) is 0.0870. The van der Waals surface area contributed by atoms with Crippen molar-refractivity contribution >= 4 is 23.2 Å². The van der Waals surface area contributed by atoms with Gasteiger partial charge in [0, 0.05) is 35.1 Å². The molecule has 0 aliphatic heterocycles. The molecule has 0 spiro atoms. The number of nitrogens with one attached hydrogen (secondary N) is 2. The molecule has 0 radical (unpaired) electrons. The number of carbonyl (C=O) groups excluding carboxylic acids is 2. The van der Waals surface area contributed by atoms with Crippen LogP contribution in [0.15, 0.2) is 72.9 Å². The molecule has 0 saturated carbocycles. The molecule has 3 rings (SSSR count). The molecule has 28 heavy (non-hydrogen) atoms. The van der Waals surface area contributed by atoms with E-state index in [2.05, 4.69) is 27.5 Å². The van der Waals surface area contributed by atoms with Crippen LogP contribution in [0, 0.1) is 11.8 Å². The number of benzene rings is 2. The van der Waals surface area contributed by atoms with Crippen molar-refractivity contribution in [1.82, 2.24) is 4.98 Å². The molecule has 1 heterocycles. The van der Waals surface area contributed by atoms with Gasteiger partial charge in [-0.25, -0.2) is 4.98 Å². The minimum Gasteiger partial charge on any atom is -0.326 e. The van der Waals surface area contributed by atoms with E-state index in [9.17, 15) is 9.59 Å². The third kappa shape index (κ3) is 5.29. The highest BCUT2D eigenvalue weighted by Gasteiger charge is 2.07. The predicted octanol–water partition coefficient (Wildman–Crippen LogP) is 4.08. The maximum atomic E-state index is 12.4. The maximum Gasteiger partial charge on any atom is 0.255 e. The Morgan fingerprint density at radius 3 is 2.43 bits per heavy atom. The Morgan fingerprint density at radius 1 is 0.893 bits per heavy atom. The van der Waals surface area contributed by atoms with Crippen LogP contribution in [0.2, 0.25) is 0 Å². The van der Waals surface area contributed by atoms with Gasteiger partial charge in [0.1, 0.15) is 5.69 Å². The topological polar surface area (TPSA) is 71.1 Å². The van der Waals surface area contributed by atoms with Crippen LogP contribution >= 0.6 is 0 Å². The zero-order valence-electron chi connectivity index (χ0n) is 15.4. The highest BCUT2D eigenvalue weighted by Crippen LogP contribution is 2.14. The standard InChI is InChI=1S/C23H19N3O2/c1-2-22(27)25-20-13-10-18(11-14-20)23(28)26-21-8-5-6-17(16-21)9-12-19-7-3-4-15-24-19/h3-8,10-11,13-16H,2H2,1H3,(H,25,27)(H,26,28). The second-order valence-corrected chi connectivity index (χ2v) is 5.98. The van der Waals surface area contributed by atoms with E-state index in [-0.39, 0.29) is 11.8 Å². The zero-order chi connectivity index (χ0) is 19.8. The molecule has 5 nitrogen and oxygen atoms in total. The number of hydrogen-bond donors (Lipinski definition) is 2. The Balaban J connectivity index is 1.67. The number of nitrogens with zero attached hydrogens (tertiary/aromatic N) is 1. The first-order valence-corrected chi connectivity index (χ1v) is 8.88. The number of anilines is 2. The van der Waals surface area contributed by atoms with E-state index < -0.39 is 0 Å². The normalized spacial score (nSPS) is 9.75. The number of amides is 2. The molecule has 1 aromatic heterocycles. The Morgan fingerprint density at radius 2 is 1.71 bits per heavy atom. The minimum atomic E-state index is -0.233. The molecule has 2 amide bonds. The van der Waals surface area contributed by atoms with E-state index in [1.54, 1.807) is 43.5 Å². The molecule has 2 aromatic carbocycles. The summed E-state index contributed by atoms with van der Waals surface area (Å²) in [6.07, 6.45) is 2.10. The van der Waals surface area contributed by atoms with Gasteiger partial charge in [0.25, 0.3) is 5.91 Å². The van der Waals surface area contributed by atoms with E-state index >= 15 is 0 Å². The van der Waals surface area contributed by atoms with Crippen molar-refractivity contribution < 1.29 is 9.59 Å². The van der Waals surface area contributed by atoms with Crippen molar-refractivity contribution in [2.75, 3.05) is 10.6 Å². The number of carbonyl (C=O) groups is 2. The molecule has 138 valence electrons. The van der Waals surface area contributed by atoms with Crippen LogP contribution in [0.5, 0.6) is 0 Å². The van der Waals surface area contributed by atoms with Gasteiger partial charge >= 0.3 is 0 Å². The average Bonchev–Trinajstić information content (AvgIpc) is 2.73. The summed E-state index contributed by atoms with van der Waals surface area (Å²) in [5, 5.41) is 5.61. The van der Waals surface area contributed by atoms with E-state index in [4.69, 9.17) is 0 Å². The number of hydrogen-bond acceptors (Lipinski definition) is 3. The quantitative estimate of drug-likeness (QED) is 0.681. The van der Waals surface area contributed by atoms with Gasteiger partial charge in [-0.3, -0.25) is 9.59 Å². The molecule has 0 saturated heterocycles. The lowest BCUT2D eigenvalue weighted by Gasteiger charge is -2.07. The first-order chi connectivity index (χ1) is 13.6. The van der Waals surface area contributed by atoms with Gasteiger partial charge in [-0.1, -0.05) is 25.0 Å². The SMILES string of the molecule is CCC(=O)Nc1ccc(C(=O)Nc2cccc(C#Cc3ccccn3)c2)cc1. The molecule has 5 heteroatoms. The van der Waals surface area contributed by atoms with Gasteiger partial charge in [0.15, 0.2) is 0 Å². The smallest absolute Gasteiger partial charge is 0.255 e. The summed E-state index contributed by atoms with van der Waals surface area (Å²) in [5.41, 5.74) is 3.28. The van der Waals surface area contributed by atoms with Crippen molar-refractivity contribution in [3.63, 3.8) is 0 Å². The average molecular weight is 369 g/mol. The number of aromatic nitrogens is 1. The van der Waals surface area contributed by atoms with E-state index in [0.717, 1.165) is 5.56 Å². The summed E-state index contributed by atoms with van der Waals surface area (Å²) < 4.78 is 0. The molecular weight excluding hydrogens is 350 g/mol. The summed E-state index contributed by atoms with van der Waals surface area (Å²) in [4.78, 5) is 28.0. The molecule has 0 fully saturated rings. The van der Waals surface area contributed by atoms with Gasteiger partial charge in [-0.05, 0) is 60.5 Å². The van der Waals surface area contributed by atoms with Crippen molar-refractivity contribution in [2.45, 2.75) is 13.3 Å². The molecule has 0 aliphatic carbocycles. The Labute approximate surface area is 163 Å². The third-order valence-corrected chi connectivity index (χ3v) is 3.87. The van der Waals surface area contributed by atoms with Gasteiger partial charge in [0.05, 0.1) is 0 Å². The van der Waals surface area contributed by atoms with E-state index in [0.29, 0.717) is 29.1 Å². The molecular formula is C23H19N3O2. The highest BCUT2D eigenvalue weighted by molar-refractivity contribution is 6.04. The lowest BCUT2D eigenvalue weighted by molar-refractivity contribution is -0.115. The van der Waals surface area contributed by atoms with E-state index in [1.165, 1.54) is 0 Å². The molecule has 0 aliphatic rings. The lowest BCUT2D eigenvalue weighted by Crippen LogP contribution is -2.13. The summed E-state index contributed by atoms with van der Waals surface area (Å²) in [5.74, 6) is 5.73. The molecule has 0 unspecified atom stereocenters. The van der Waals surface area contributed by atoms with Gasteiger partial charge in [-0.15, -0.1) is 0 Å². The van der Waals surface area contributed by atoms with Crippen LogP contribution in [0.3, 0.4) is 0 Å². The van der Waals surface area contributed by atoms with Crippen LogP contribution in [0.25, 0.3) is 0 Å². The predicted molar refractivity (Wildman–Crippen MR) is 110 cm³/mol. The molecule has 2 N–H and O–H groups in total. The van der Waals surface area contributed by atoms with Gasteiger partial charge in [0.2, 0.25) is 5.91 Å². The van der Waals surface area contributed by atoms with Crippen LogP contribution in [0.4, 0.5) is 11.4 Å². The maximum absolute atomic E-state index is 12.4. The van der Waals surface area contributed by atoms with Crippen LogP contribution in [-0.2, 0) is 4.79 Å². The number of rotatable bonds is 4. The monoisotopic (exact) mass is 369 g/mol. The molecule has 3 aromatic rings. The lowest BCUT2D eigenvalue weighted by atomic mass is 10.1. The second-order valence-electron chi connectivity index (χ2n) is 5.98. The van der Waals surface area contributed by atoms with Crippen molar-refractivity contribution in [3.8, 4) is 11.8 Å². The zero-order valence-corrected chi connectivity index (χ0v) is 15.4. The van der Waals surface area contributed by atoms with Crippen LogP contribution < -0.4 is 10.6 Å². The third-order valence-electron chi connectivity index (χ3n) is 3.87. The summed E-state index contributed by atoms with van der Waals surface area (Å²) >= 11 is 0. The first kappa shape index (κ1) is 18.9. The van der Waals surface area contributed by atoms with Crippen molar-refractivity contribution in [1.29, 1.82) is 0 Å². The van der Waals surface area contributed by atoms with Crippen molar-refractivity contribution in [3.05, 3.63) is 89.7 Å². The number of pyridine rings is 1. The largest absolute Gasteiger partial charge is 0.326 e. The second kappa shape index (κ2) is 9.15. The van der Waals surface area contributed by atoms with Crippen LogP contribution in [-0.4, -0.2) is 16.8 Å².